The quantitative estimate of drug-likeness (QED) is 0.0636. The molecule has 0 aliphatic heterocycles. The second-order valence-electron chi connectivity index (χ2n) is 7.73. The highest BCUT2D eigenvalue weighted by Gasteiger charge is 2.32. The highest BCUT2D eigenvalue weighted by Crippen LogP contribution is 2.06. The topological polar surface area (TPSA) is 255 Å². The molecule has 12 N–H and O–H groups in total. The van der Waals surface area contributed by atoms with E-state index in [4.69, 9.17) is 17.2 Å². The van der Waals surface area contributed by atoms with Crippen LogP contribution in [0.2, 0.25) is 0 Å². The first-order valence-electron chi connectivity index (χ1n) is 10.6. The molecule has 14 heteroatoms. The van der Waals surface area contributed by atoms with Crippen molar-refractivity contribution in [2.45, 2.75) is 70.3 Å². The van der Waals surface area contributed by atoms with Crippen LogP contribution in [0.25, 0.3) is 0 Å². The van der Waals surface area contributed by atoms with Gasteiger partial charge in [0.05, 0.1) is 18.8 Å². The van der Waals surface area contributed by atoms with E-state index in [0.717, 1.165) is 0 Å². The fraction of sp³-hybridized carbons (Fsp3) is 0.737. The van der Waals surface area contributed by atoms with Crippen molar-refractivity contribution >= 4 is 29.7 Å². The molecule has 0 aromatic carbocycles. The third-order valence-electron chi connectivity index (χ3n) is 5.00. The van der Waals surface area contributed by atoms with Crippen molar-refractivity contribution in [2.75, 3.05) is 13.2 Å². The Morgan fingerprint density at radius 2 is 1.52 bits per heavy atom. The number of aliphatic hydroxyl groups is 2. The zero-order valence-corrected chi connectivity index (χ0v) is 19.2. The number of amides is 3. The maximum atomic E-state index is 12.6. The van der Waals surface area contributed by atoms with Crippen molar-refractivity contribution in [3.05, 3.63) is 0 Å². The number of hydrogen-bond donors (Lipinski definition) is 9. The summed E-state index contributed by atoms with van der Waals surface area (Å²) < 4.78 is 0. The Bertz CT molecular complexity index is 698. The molecule has 0 spiro atoms. The first-order valence-corrected chi connectivity index (χ1v) is 10.6. The molecule has 0 rings (SSSR count). The van der Waals surface area contributed by atoms with Crippen LogP contribution < -0.4 is 33.2 Å². The van der Waals surface area contributed by atoms with Gasteiger partial charge in [-0.3, -0.25) is 19.4 Å². The normalized spacial score (nSPS) is 16.3. The zero-order valence-electron chi connectivity index (χ0n) is 19.2. The molecule has 190 valence electrons. The monoisotopic (exact) mass is 475 g/mol. The minimum atomic E-state index is -1.61. The average molecular weight is 476 g/mol. The lowest BCUT2D eigenvalue weighted by molar-refractivity contribution is -0.145. The van der Waals surface area contributed by atoms with Crippen LogP contribution >= 0.6 is 0 Å². The Labute approximate surface area is 192 Å². The van der Waals surface area contributed by atoms with Gasteiger partial charge in [-0.2, -0.15) is 0 Å². The summed E-state index contributed by atoms with van der Waals surface area (Å²) in [4.78, 5) is 52.6. The van der Waals surface area contributed by atoms with E-state index in [2.05, 4.69) is 20.9 Å². The summed E-state index contributed by atoms with van der Waals surface area (Å²) >= 11 is 0. The highest BCUT2D eigenvalue weighted by molar-refractivity contribution is 5.94. The summed E-state index contributed by atoms with van der Waals surface area (Å²) in [5, 5.41) is 35.2. The van der Waals surface area contributed by atoms with Gasteiger partial charge >= 0.3 is 5.97 Å². The minimum absolute atomic E-state index is 0.00101. The van der Waals surface area contributed by atoms with Crippen LogP contribution in [0, 0.1) is 5.92 Å². The molecule has 6 atom stereocenters. The van der Waals surface area contributed by atoms with Crippen molar-refractivity contribution in [3.8, 4) is 0 Å². The largest absolute Gasteiger partial charge is 0.480 e. The van der Waals surface area contributed by atoms with Crippen molar-refractivity contribution in [1.82, 2.24) is 16.0 Å². The molecule has 0 fully saturated rings. The van der Waals surface area contributed by atoms with Crippen LogP contribution in [0.1, 0.15) is 40.0 Å². The van der Waals surface area contributed by atoms with Crippen LogP contribution in [0.15, 0.2) is 4.99 Å². The summed E-state index contributed by atoms with van der Waals surface area (Å²) in [5.41, 5.74) is 16.3. The van der Waals surface area contributed by atoms with Crippen LogP contribution in [0.3, 0.4) is 0 Å². The van der Waals surface area contributed by atoms with E-state index < -0.39 is 60.6 Å². The van der Waals surface area contributed by atoms with Gasteiger partial charge in [0.2, 0.25) is 17.7 Å². The number of nitrogens with zero attached hydrogens (tertiary/aromatic N) is 1. The van der Waals surface area contributed by atoms with Gasteiger partial charge in [-0.15, -0.1) is 0 Å². The van der Waals surface area contributed by atoms with Crippen LogP contribution in [0.5, 0.6) is 0 Å². The Morgan fingerprint density at radius 3 is 1.97 bits per heavy atom. The van der Waals surface area contributed by atoms with Gasteiger partial charge in [-0.05, 0) is 25.7 Å². The average Bonchev–Trinajstić information content (AvgIpc) is 2.75. The number of aliphatic carboxylic acids is 1. The molecule has 0 bridgehead atoms. The number of carbonyl (C=O) groups excluding carboxylic acids is 3. The van der Waals surface area contributed by atoms with Gasteiger partial charge in [0.15, 0.2) is 12.0 Å². The van der Waals surface area contributed by atoms with Crippen molar-refractivity contribution in [1.29, 1.82) is 0 Å². The molecule has 14 nitrogen and oxygen atoms in total. The van der Waals surface area contributed by atoms with E-state index in [0.29, 0.717) is 6.42 Å². The number of nitrogens with one attached hydrogen (secondary N) is 3. The number of hydrogen-bond acceptors (Lipinski definition) is 8. The Balaban J connectivity index is 5.41. The molecule has 3 amide bonds. The van der Waals surface area contributed by atoms with Gasteiger partial charge in [0.1, 0.15) is 12.1 Å². The number of aliphatic imine (C=N–C) groups is 1. The number of carboxylic acids is 1. The van der Waals surface area contributed by atoms with Crippen molar-refractivity contribution in [2.24, 2.45) is 28.1 Å². The lowest BCUT2D eigenvalue weighted by atomic mass is 9.99. The Morgan fingerprint density at radius 1 is 0.970 bits per heavy atom. The predicted octanol–water partition coefficient (Wildman–Crippen LogP) is -3.67. The van der Waals surface area contributed by atoms with E-state index in [9.17, 15) is 34.5 Å². The van der Waals surface area contributed by atoms with Crippen molar-refractivity contribution in [3.63, 3.8) is 0 Å². The summed E-state index contributed by atoms with van der Waals surface area (Å²) in [5.74, 6) is -4.22. The smallest absolute Gasteiger partial charge is 0.328 e. The fourth-order valence-corrected chi connectivity index (χ4v) is 2.66. The SMILES string of the molecule is CCC(C)C(N)C(=O)NC(CO)C(=O)NC(CCCN=C(N)N)C(=O)NC(C(=O)O)C(C)O. The predicted molar refractivity (Wildman–Crippen MR) is 120 cm³/mol. The summed E-state index contributed by atoms with van der Waals surface area (Å²) in [7, 11) is 0. The van der Waals surface area contributed by atoms with E-state index in [1.165, 1.54) is 6.92 Å². The van der Waals surface area contributed by atoms with Crippen molar-refractivity contribution < 1.29 is 34.5 Å². The summed E-state index contributed by atoms with van der Waals surface area (Å²) in [6, 6.07) is -5.18. The lowest BCUT2D eigenvalue weighted by Gasteiger charge is -2.25. The first kappa shape index (κ1) is 30.0. The highest BCUT2D eigenvalue weighted by atomic mass is 16.4. The molecule has 0 saturated carbocycles. The molecule has 0 heterocycles. The van der Waals surface area contributed by atoms with Gasteiger partial charge in [-0.1, -0.05) is 20.3 Å². The number of carbonyl (C=O) groups is 4. The van der Waals surface area contributed by atoms with Gasteiger partial charge in [0.25, 0.3) is 0 Å². The molecule has 33 heavy (non-hydrogen) atoms. The van der Waals surface area contributed by atoms with E-state index in [1.54, 1.807) is 6.92 Å². The summed E-state index contributed by atoms with van der Waals surface area (Å²) in [6.45, 7) is 4.15. The Kier molecular flexibility index (Phi) is 13.6. The van der Waals surface area contributed by atoms with Gasteiger partial charge in [-0.25, -0.2) is 4.79 Å². The Hall–Kier alpha value is -2.97. The number of guanidine groups is 1. The van der Waals surface area contributed by atoms with E-state index in [-0.39, 0.29) is 31.3 Å². The van der Waals surface area contributed by atoms with Gasteiger partial charge < -0.3 is 48.5 Å². The molecular weight excluding hydrogens is 438 g/mol. The standard InChI is InChI=1S/C19H37N7O7/c1-4-9(2)13(20)17(31)25-12(8-27)16(30)24-11(6-5-7-23-19(21)22)15(29)26-14(10(3)28)18(32)33/h9-14,27-28H,4-8,20H2,1-3H3,(H,24,30)(H,25,31)(H,26,29)(H,32,33)(H4,21,22,23). The molecular formula is C19H37N7O7. The maximum Gasteiger partial charge on any atom is 0.328 e. The molecule has 0 aliphatic rings. The number of nitrogens with two attached hydrogens (primary N) is 3. The number of carboxylic acid groups (broad SMARTS) is 1. The first-order chi connectivity index (χ1) is 15.3. The molecule has 0 aromatic heterocycles. The zero-order chi connectivity index (χ0) is 25.7. The molecule has 0 aromatic rings. The van der Waals surface area contributed by atoms with E-state index >= 15 is 0 Å². The minimum Gasteiger partial charge on any atom is -0.480 e. The van der Waals surface area contributed by atoms with E-state index in [1.807, 2.05) is 6.92 Å². The van der Waals surface area contributed by atoms with Crippen LogP contribution in [0.4, 0.5) is 0 Å². The third-order valence-corrected chi connectivity index (χ3v) is 5.00. The second-order valence-corrected chi connectivity index (χ2v) is 7.73. The van der Waals surface area contributed by atoms with Crippen LogP contribution in [-0.2, 0) is 19.2 Å². The summed E-state index contributed by atoms with van der Waals surface area (Å²) in [6.07, 6.45) is -0.552. The number of aliphatic hydroxyl groups excluding tert-OH is 2. The second kappa shape index (κ2) is 15.0. The van der Waals surface area contributed by atoms with Gasteiger partial charge in [0, 0.05) is 6.54 Å². The fourth-order valence-electron chi connectivity index (χ4n) is 2.66. The molecule has 0 radical (unpaired) electrons. The number of rotatable bonds is 15. The third kappa shape index (κ3) is 10.9. The lowest BCUT2D eigenvalue weighted by Crippen LogP contribution is -2.59. The molecule has 0 aliphatic carbocycles. The molecule has 6 unspecified atom stereocenters. The van der Waals surface area contributed by atoms with Crippen LogP contribution in [-0.4, -0.2) is 88.4 Å². The molecule has 0 saturated heterocycles. The maximum absolute atomic E-state index is 12.6.